The van der Waals surface area contributed by atoms with E-state index in [2.05, 4.69) is 5.32 Å². The molecule has 1 aromatic rings. The van der Waals surface area contributed by atoms with Gasteiger partial charge < -0.3 is 10.1 Å². The van der Waals surface area contributed by atoms with Gasteiger partial charge in [0.2, 0.25) is 10.0 Å². The number of benzene rings is 1. The minimum Gasteiger partial charge on any atom is -0.377 e. The molecule has 2 unspecified atom stereocenters. The van der Waals surface area contributed by atoms with Crippen LogP contribution in [0.15, 0.2) is 23.1 Å². The SMILES string of the molecule is CNCc1cc(S(=O)(=O)N(C)C2CCOC2C)ccc1Cl. The number of likely N-dealkylation sites (N-methyl/N-ethyl adjacent to an activating group) is 1. The van der Waals surface area contributed by atoms with Crippen LogP contribution in [-0.4, -0.2) is 45.6 Å². The van der Waals surface area contributed by atoms with Gasteiger partial charge in [-0.25, -0.2) is 8.42 Å². The molecule has 1 aliphatic rings. The molecule has 118 valence electrons. The Morgan fingerprint density at radius 2 is 2.19 bits per heavy atom. The fraction of sp³-hybridized carbons (Fsp3) is 0.571. The molecule has 7 heteroatoms. The monoisotopic (exact) mass is 332 g/mol. The maximum Gasteiger partial charge on any atom is 0.243 e. The second-order valence-corrected chi connectivity index (χ2v) is 7.64. The van der Waals surface area contributed by atoms with Crippen LogP contribution in [0.4, 0.5) is 0 Å². The topological polar surface area (TPSA) is 58.6 Å². The van der Waals surface area contributed by atoms with Gasteiger partial charge in [-0.05, 0) is 44.2 Å². The van der Waals surface area contributed by atoms with E-state index in [4.69, 9.17) is 16.3 Å². The Hall–Kier alpha value is -0.660. The van der Waals surface area contributed by atoms with Gasteiger partial charge in [0.25, 0.3) is 0 Å². The zero-order valence-electron chi connectivity index (χ0n) is 12.5. The van der Waals surface area contributed by atoms with E-state index in [0.29, 0.717) is 24.6 Å². The van der Waals surface area contributed by atoms with Gasteiger partial charge in [0.05, 0.1) is 17.0 Å². The van der Waals surface area contributed by atoms with Crippen molar-refractivity contribution in [3.05, 3.63) is 28.8 Å². The van der Waals surface area contributed by atoms with Crippen molar-refractivity contribution in [1.29, 1.82) is 0 Å². The first-order chi connectivity index (χ1) is 9.87. The maximum atomic E-state index is 12.7. The van der Waals surface area contributed by atoms with Crippen molar-refractivity contribution in [1.82, 2.24) is 9.62 Å². The molecule has 1 aromatic carbocycles. The van der Waals surface area contributed by atoms with Crippen molar-refractivity contribution in [2.75, 3.05) is 20.7 Å². The average molecular weight is 333 g/mol. The molecule has 1 aliphatic heterocycles. The smallest absolute Gasteiger partial charge is 0.243 e. The van der Waals surface area contributed by atoms with Crippen molar-refractivity contribution >= 4 is 21.6 Å². The first kappa shape index (κ1) is 16.7. The lowest BCUT2D eigenvalue weighted by atomic mass is 10.2. The second-order valence-electron chi connectivity index (χ2n) is 5.24. The van der Waals surface area contributed by atoms with Crippen LogP contribution < -0.4 is 5.32 Å². The molecule has 1 heterocycles. The minimum absolute atomic E-state index is 0.0890. The Kier molecular flexibility index (Phi) is 5.27. The molecule has 0 amide bonds. The molecule has 2 atom stereocenters. The van der Waals surface area contributed by atoms with Gasteiger partial charge >= 0.3 is 0 Å². The molecule has 2 rings (SSSR count). The fourth-order valence-corrected chi connectivity index (χ4v) is 4.26. The predicted octanol–water partition coefficient (Wildman–Crippen LogP) is 1.86. The lowest BCUT2D eigenvalue weighted by Gasteiger charge is -2.26. The standard InChI is InChI=1S/C14H21ClN2O3S/c1-10-14(6-7-20-10)17(3)21(18,19)12-4-5-13(15)11(8-12)9-16-2/h4-5,8,10,14,16H,6-7,9H2,1-3H3. The van der Waals surface area contributed by atoms with E-state index >= 15 is 0 Å². The van der Waals surface area contributed by atoms with Crippen LogP contribution in [0, 0.1) is 0 Å². The lowest BCUT2D eigenvalue weighted by molar-refractivity contribution is 0.102. The Labute approximate surface area is 131 Å². The normalized spacial score (nSPS) is 22.9. The molecule has 0 radical (unpaired) electrons. The summed E-state index contributed by atoms with van der Waals surface area (Å²) in [7, 11) is -0.144. The summed E-state index contributed by atoms with van der Waals surface area (Å²) in [4.78, 5) is 0.263. The van der Waals surface area contributed by atoms with Crippen molar-refractivity contribution in [2.45, 2.75) is 36.9 Å². The third-order valence-electron chi connectivity index (χ3n) is 3.86. The quantitative estimate of drug-likeness (QED) is 0.894. The molecule has 0 aromatic heterocycles. The fourth-order valence-electron chi connectivity index (χ4n) is 2.58. The van der Waals surface area contributed by atoms with Crippen molar-refractivity contribution < 1.29 is 13.2 Å². The van der Waals surface area contributed by atoms with Gasteiger partial charge in [0.1, 0.15) is 0 Å². The van der Waals surface area contributed by atoms with Gasteiger partial charge in [-0.2, -0.15) is 4.31 Å². The Bertz CT molecular complexity index is 606. The lowest BCUT2D eigenvalue weighted by Crippen LogP contribution is -2.40. The summed E-state index contributed by atoms with van der Waals surface area (Å²) in [6, 6.07) is 4.68. The third kappa shape index (κ3) is 3.40. The van der Waals surface area contributed by atoms with Crippen LogP contribution in [0.3, 0.4) is 0 Å². The summed E-state index contributed by atoms with van der Waals surface area (Å²) < 4.78 is 32.4. The van der Waals surface area contributed by atoms with Crippen molar-refractivity contribution in [3.8, 4) is 0 Å². The molecular formula is C14H21ClN2O3S. The van der Waals surface area contributed by atoms with Gasteiger partial charge in [0.15, 0.2) is 0 Å². The van der Waals surface area contributed by atoms with Crippen LogP contribution >= 0.6 is 11.6 Å². The maximum absolute atomic E-state index is 12.7. The summed E-state index contributed by atoms with van der Waals surface area (Å²) in [5.74, 6) is 0. The van der Waals surface area contributed by atoms with Crippen LogP contribution in [0.5, 0.6) is 0 Å². The highest BCUT2D eigenvalue weighted by Crippen LogP contribution is 2.27. The first-order valence-corrected chi connectivity index (χ1v) is 8.72. The number of nitrogens with one attached hydrogen (secondary N) is 1. The molecule has 21 heavy (non-hydrogen) atoms. The van der Waals surface area contributed by atoms with Crippen LogP contribution in [0.1, 0.15) is 18.9 Å². The molecule has 1 saturated heterocycles. The highest BCUT2D eigenvalue weighted by atomic mass is 35.5. The number of halogens is 1. The number of sulfonamides is 1. The summed E-state index contributed by atoms with van der Waals surface area (Å²) in [6.45, 7) is 3.02. The second kappa shape index (κ2) is 6.62. The zero-order valence-corrected chi connectivity index (χ0v) is 14.0. The largest absolute Gasteiger partial charge is 0.377 e. The number of ether oxygens (including phenoxy) is 1. The summed E-state index contributed by atoms with van der Waals surface area (Å²) >= 11 is 6.09. The number of hydrogen-bond donors (Lipinski definition) is 1. The van der Waals surface area contributed by atoms with E-state index in [1.165, 1.54) is 4.31 Å². The molecule has 1 fully saturated rings. The van der Waals surface area contributed by atoms with Gasteiger partial charge in [-0.3, -0.25) is 0 Å². The molecule has 0 aliphatic carbocycles. The number of nitrogens with zero attached hydrogens (tertiary/aromatic N) is 1. The van der Waals surface area contributed by atoms with Gasteiger partial charge in [-0.15, -0.1) is 0 Å². The van der Waals surface area contributed by atoms with Crippen molar-refractivity contribution in [3.63, 3.8) is 0 Å². The highest BCUT2D eigenvalue weighted by molar-refractivity contribution is 7.89. The van der Waals surface area contributed by atoms with Gasteiger partial charge in [-0.1, -0.05) is 11.6 Å². The predicted molar refractivity (Wildman–Crippen MR) is 83.0 cm³/mol. The van der Waals surface area contributed by atoms with E-state index in [1.54, 1.807) is 32.3 Å². The van der Waals surface area contributed by atoms with Crippen LogP contribution in [0.25, 0.3) is 0 Å². The highest BCUT2D eigenvalue weighted by Gasteiger charge is 2.35. The van der Waals surface area contributed by atoms with Crippen molar-refractivity contribution in [2.24, 2.45) is 0 Å². The van der Waals surface area contributed by atoms with E-state index in [9.17, 15) is 8.42 Å². The molecule has 5 nitrogen and oxygen atoms in total. The molecule has 1 N–H and O–H groups in total. The van der Waals surface area contributed by atoms with E-state index in [-0.39, 0.29) is 17.0 Å². The Morgan fingerprint density at radius 1 is 1.48 bits per heavy atom. The third-order valence-corrected chi connectivity index (χ3v) is 6.11. The minimum atomic E-state index is -3.55. The number of hydrogen-bond acceptors (Lipinski definition) is 4. The van der Waals surface area contributed by atoms with E-state index in [0.717, 1.165) is 5.56 Å². The van der Waals surface area contributed by atoms with Crippen LogP contribution in [0.2, 0.25) is 5.02 Å². The molecular weight excluding hydrogens is 312 g/mol. The Balaban J connectivity index is 2.32. The Morgan fingerprint density at radius 3 is 2.76 bits per heavy atom. The van der Waals surface area contributed by atoms with E-state index < -0.39 is 10.0 Å². The summed E-state index contributed by atoms with van der Waals surface area (Å²) in [6.07, 6.45) is 0.627. The number of rotatable bonds is 5. The summed E-state index contributed by atoms with van der Waals surface area (Å²) in [5, 5.41) is 3.54. The van der Waals surface area contributed by atoms with Gasteiger partial charge in [0, 0.05) is 25.2 Å². The first-order valence-electron chi connectivity index (χ1n) is 6.90. The average Bonchev–Trinajstić information content (AvgIpc) is 2.86. The zero-order chi connectivity index (χ0) is 15.6. The molecule has 0 saturated carbocycles. The summed E-state index contributed by atoms with van der Waals surface area (Å²) in [5.41, 5.74) is 0.768. The van der Waals surface area contributed by atoms with E-state index in [1.807, 2.05) is 6.92 Å². The van der Waals surface area contributed by atoms with Crippen LogP contribution in [-0.2, 0) is 21.3 Å². The molecule has 0 spiro atoms. The molecule has 0 bridgehead atoms.